The van der Waals surface area contributed by atoms with Gasteiger partial charge in [0.15, 0.2) is 0 Å². The fourth-order valence-corrected chi connectivity index (χ4v) is 1.40. The summed E-state index contributed by atoms with van der Waals surface area (Å²) < 4.78 is 23.3. The topological polar surface area (TPSA) is 58.9 Å². The summed E-state index contributed by atoms with van der Waals surface area (Å²) in [6, 6.07) is 3.89. The van der Waals surface area contributed by atoms with Gasteiger partial charge in [0.05, 0.1) is 6.61 Å². The Morgan fingerprint density at radius 2 is 2.00 bits per heavy atom. The van der Waals surface area contributed by atoms with E-state index in [-0.39, 0.29) is 12.1 Å². The molecule has 0 atom stereocenters. The second kappa shape index (κ2) is 7.39. The van der Waals surface area contributed by atoms with Crippen LogP contribution in [0.15, 0.2) is 18.2 Å². The smallest absolute Gasteiger partial charge is 0.423 e. The van der Waals surface area contributed by atoms with Gasteiger partial charge in [-0.3, -0.25) is 0 Å². The summed E-state index contributed by atoms with van der Waals surface area (Å²) in [4.78, 5) is 0. The Morgan fingerprint density at radius 1 is 1.24 bits per heavy atom. The van der Waals surface area contributed by atoms with Crippen LogP contribution in [0.5, 0.6) is 0 Å². The van der Waals surface area contributed by atoms with Gasteiger partial charge in [0.1, 0.15) is 5.82 Å². The van der Waals surface area contributed by atoms with E-state index in [0.29, 0.717) is 18.8 Å². The molecule has 0 amide bonds. The first-order valence-corrected chi connectivity index (χ1v) is 5.35. The summed E-state index contributed by atoms with van der Waals surface area (Å²) >= 11 is 0. The number of benzene rings is 1. The van der Waals surface area contributed by atoms with Crippen LogP contribution >= 0.6 is 0 Å². The first-order valence-electron chi connectivity index (χ1n) is 5.35. The average Bonchev–Trinajstić information content (AvgIpc) is 2.28. The van der Waals surface area contributed by atoms with Crippen molar-refractivity contribution in [3.8, 4) is 0 Å². The van der Waals surface area contributed by atoms with E-state index in [9.17, 15) is 4.39 Å². The molecule has 0 spiro atoms. The SMILES string of the molecule is COCCCOCc1cc(F)cc(B(O)O)c1. The Bertz CT molecular complexity index is 346. The van der Waals surface area contributed by atoms with Crippen molar-refractivity contribution in [2.45, 2.75) is 13.0 Å². The molecule has 6 heteroatoms. The first kappa shape index (κ1) is 14.1. The molecule has 94 valence electrons. The van der Waals surface area contributed by atoms with Crippen molar-refractivity contribution in [2.75, 3.05) is 20.3 Å². The normalized spacial score (nSPS) is 10.6. The Morgan fingerprint density at radius 3 is 2.65 bits per heavy atom. The summed E-state index contributed by atoms with van der Waals surface area (Å²) in [5.74, 6) is -0.508. The third-order valence-corrected chi connectivity index (χ3v) is 2.18. The van der Waals surface area contributed by atoms with Crippen LogP contribution in [-0.4, -0.2) is 37.5 Å². The van der Waals surface area contributed by atoms with Gasteiger partial charge in [-0.05, 0) is 29.6 Å². The van der Waals surface area contributed by atoms with Gasteiger partial charge < -0.3 is 19.5 Å². The zero-order chi connectivity index (χ0) is 12.7. The molecule has 2 N–H and O–H groups in total. The Labute approximate surface area is 100 Å². The highest BCUT2D eigenvalue weighted by Crippen LogP contribution is 2.04. The van der Waals surface area contributed by atoms with Crippen molar-refractivity contribution in [3.63, 3.8) is 0 Å². The van der Waals surface area contributed by atoms with Gasteiger partial charge in [-0.15, -0.1) is 0 Å². The molecule has 0 saturated heterocycles. The van der Waals surface area contributed by atoms with E-state index in [2.05, 4.69) is 0 Å². The van der Waals surface area contributed by atoms with E-state index in [0.717, 1.165) is 12.5 Å². The van der Waals surface area contributed by atoms with Gasteiger partial charge in [0, 0.05) is 20.3 Å². The molecule has 1 aromatic carbocycles. The fraction of sp³-hybridized carbons (Fsp3) is 0.455. The van der Waals surface area contributed by atoms with Gasteiger partial charge in [-0.2, -0.15) is 0 Å². The van der Waals surface area contributed by atoms with Gasteiger partial charge in [-0.1, -0.05) is 6.07 Å². The van der Waals surface area contributed by atoms with Crippen LogP contribution in [0, 0.1) is 5.82 Å². The van der Waals surface area contributed by atoms with Crippen LogP contribution in [0.4, 0.5) is 4.39 Å². The Hall–Kier alpha value is -0.945. The highest BCUT2D eigenvalue weighted by atomic mass is 19.1. The molecule has 0 aliphatic rings. The van der Waals surface area contributed by atoms with Crippen molar-refractivity contribution >= 4 is 12.6 Å². The molecule has 0 fully saturated rings. The van der Waals surface area contributed by atoms with Gasteiger partial charge in [0.25, 0.3) is 0 Å². The quantitative estimate of drug-likeness (QED) is 0.524. The molecule has 0 bridgehead atoms. The zero-order valence-corrected chi connectivity index (χ0v) is 9.73. The van der Waals surface area contributed by atoms with Crippen molar-refractivity contribution in [3.05, 3.63) is 29.6 Å². The number of hydrogen-bond donors (Lipinski definition) is 2. The predicted octanol–water partition coefficient (Wildman–Crippen LogP) is 0.0586. The van der Waals surface area contributed by atoms with Crippen molar-refractivity contribution in [2.24, 2.45) is 0 Å². The van der Waals surface area contributed by atoms with Crippen LogP contribution < -0.4 is 5.46 Å². The van der Waals surface area contributed by atoms with Crippen LogP contribution in [0.3, 0.4) is 0 Å². The van der Waals surface area contributed by atoms with Crippen molar-refractivity contribution in [1.82, 2.24) is 0 Å². The number of halogens is 1. The minimum Gasteiger partial charge on any atom is -0.423 e. The van der Waals surface area contributed by atoms with Gasteiger partial charge in [0.2, 0.25) is 0 Å². The largest absolute Gasteiger partial charge is 0.488 e. The lowest BCUT2D eigenvalue weighted by Crippen LogP contribution is -2.30. The maximum atomic E-state index is 13.1. The predicted molar refractivity (Wildman–Crippen MR) is 62.4 cm³/mol. The molecule has 0 saturated carbocycles. The van der Waals surface area contributed by atoms with Crippen LogP contribution in [-0.2, 0) is 16.1 Å². The van der Waals surface area contributed by atoms with Gasteiger partial charge in [-0.25, -0.2) is 4.39 Å². The zero-order valence-electron chi connectivity index (χ0n) is 9.73. The van der Waals surface area contributed by atoms with E-state index in [1.807, 2.05) is 0 Å². The monoisotopic (exact) mass is 242 g/mol. The molecule has 0 heterocycles. The number of hydrogen-bond acceptors (Lipinski definition) is 4. The minimum atomic E-state index is -1.67. The Balaban J connectivity index is 2.47. The van der Waals surface area contributed by atoms with Crippen molar-refractivity contribution < 1.29 is 23.9 Å². The van der Waals surface area contributed by atoms with Crippen LogP contribution in [0.25, 0.3) is 0 Å². The molecular formula is C11H16BFO4. The molecule has 0 aliphatic carbocycles. The maximum absolute atomic E-state index is 13.1. The number of rotatable bonds is 7. The van der Waals surface area contributed by atoms with Gasteiger partial charge >= 0.3 is 7.12 Å². The van der Waals surface area contributed by atoms with E-state index in [1.54, 1.807) is 7.11 Å². The summed E-state index contributed by atoms with van der Waals surface area (Å²) in [7, 11) is -0.0560. The van der Waals surface area contributed by atoms with Crippen LogP contribution in [0.1, 0.15) is 12.0 Å². The highest BCUT2D eigenvalue weighted by molar-refractivity contribution is 6.58. The van der Waals surface area contributed by atoms with E-state index in [1.165, 1.54) is 12.1 Å². The lowest BCUT2D eigenvalue weighted by molar-refractivity contribution is 0.0927. The lowest BCUT2D eigenvalue weighted by atomic mass is 9.79. The van der Waals surface area contributed by atoms with E-state index >= 15 is 0 Å². The third-order valence-electron chi connectivity index (χ3n) is 2.18. The van der Waals surface area contributed by atoms with E-state index < -0.39 is 12.9 Å². The maximum Gasteiger partial charge on any atom is 0.488 e. The molecule has 4 nitrogen and oxygen atoms in total. The Kier molecular flexibility index (Phi) is 6.14. The summed E-state index contributed by atoms with van der Waals surface area (Å²) in [5.41, 5.74) is 0.700. The van der Waals surface area contributed by atoms with Crippen LogP contribution in [0.2, 0.25) is 0 Å². The fourth-order valence-electron chi connectivity index (χ4n) is 1.40. The number of ether oxygens (including phenoxy) is 2. The third kappa shape index (κ3) is 5.27. The molecule has 0 radical (unpaired) electrons. The van der Waals surface area contributed by atoms with E-state index in [4.69, 9.17) is 19.5 Å². The summed E-state index contributed by atoms with van der Waals surface area (Å²) in [6.07, 6.45) is 0.765. The highest BCUT2D eigenvalue weighted by Gasteiger charge is 2.13. The molecule has 1 rings (SSSR count). The second-order valence-electron chi connectivity index (χ2n) is 3.67. The molecule has 0 aliphatic heterocycles. The molecular weight excluding hydrogens is 226 g/mol. The minimum absolute atomic E-state index is 0.125. The first-order chi connectivity index (χ1) is 8.13. The molecule has 0 aromatic heterocycles. The average molecular weight is 242 g/mol. The lowest BCUT2D eigenvalue weighted by Gasteiger charge is -2.07. The summed E-state index contributed by atoms with van der Waals surface area (Å²) in [5, 5.41) is 17.9. The summed E-state index contributed by atoms with van der Waals surface area (Å²) in [6.45, 7) is 1.37. The molecule has 1 aromatic rings. The standard InChI is InChI=1S/C11H16BFO4/c1-16-3-2-4-17-8-9-5-10(12(14)15)7-11(13)6-9/h5-7,14-15H,2-4,8H2,1H3. The second-order valence-corrected chi connectivity index (χ2v) is 3.67. The number of methoxy groups -OCH3 is 1. The molecule has 17 heavy (non-hydrogen) atoms. The van der Waals surface area contributed by atoms with Crippen molar-refractivity contribution in [1.29, 1.82) is 0 Å². The molecule has 0 unspecified atom stereocenters.